The predicted molar refractivity (Wildman–Crippen MR) is 19.9 cm³/mol. The molecule has 0 atom stereocenters. The molecule has 0 aliphatic carbocycles. The topological polar surface area (TPSA) is 74.6 Å². The van der Waals surface area contributed by atoms with E-state index in [0.717, 1.165) is 0 Å². The van der Waals surface area contributed by atoms with E-state index in [2.05, 4.69) is 0 Å². The van der Waals surface area contributed by atoms with Crippen LogP contribution < -0.4 is 0 Å². The van der Waals surface area contributed by atoms with E-state index in [4.69, 9.17) is 17.5 Å². The summed E-state index contributed by atoms with van der Waals surface area (Å²) in [5.41, 5.74) is 0. The van der Waals surface area contributed by atoms with Crippen LogP contribution >= 0.6 is 0 Å². The van der Waals surface area contributed by atoms with Crippen LogP contribution in [-0.4, -0.2) is 36.4 Å². The number of rotatable bonds is 0. The van der Waals surface area contributed by atoms with Gasteiger partial charge in [-0.3, -0.25) is 9.11 Å². The van der Waals surface area contributed by atoms with Gasteiger partial charge < -0.3 is 0 Å². The summed E-state index contributed by atoms with van der Waals surface area (Å²) in [4.78, 5) is 0. The fraction of sp³-hybridized carbons (Fsp3) is 0. The number of hydrogen-bond acceptors (Lipinski definition) is 2. The summed E-state index contributed by atoms with van der Waals surface area (Å²) in [6.45, 7) is 0. The van der Waals surface area contributed by atoms with E-state index in [1.807, 2.05) is 0 Å². The van der Waals surface area contributed by atoms with Gasteiger partial charge in [-0.1, -0.05) is 0 Å². The molecule has 6 heteroatoms. The van der Waals surface area contributed by atoms with Gasteiger partial charge in [0.15, 0.2) is 0 Å². The zero-order valence-electron chi connectivity index (χ0n) is 3.12. The van der Waals surface area contributed by atoms with Gasteiger partial charge in [-0.15, -0.1) is 0 Å². The average molecular weight is 105 g/mol. The van der Waals surface area contributed by atoms with Gasteiger partial charge in [0, 0.05) is 18.9 Å². The molecule has 0 saturated carbocycles. The van der Waals surface area contributed by atoms with E-state index in [0.29, 0.717) is 0 Å². The van der Waals surface area contributed by atoms with E-state index >= 15 is 0 Å². The Labute approximate surface area is 47.3 Å². The molecule has 0 saturated heterocycles. The van der Waals surface area contributed by atoms with Crippen molar-refractivity contribution in [2.24, 2.45) is 0 Å². The van der Waals surface area contributed by atoms with Crippen molar-refractivity contribution in [2.75, 3.05) is 0 Å². The fourth-order valence-electron chi connectivity index (χ4n) is 0. The normalized spacial score (nSPS) is 9.67. The van der Waals surface area contributed by atoms with Gasteiger partial charge >= 0.3 is 10.4 Å². The monoisotopic (exact) mass is 105 g/mol. The third-order valence-electron chi connectivity index (χ3n) is 0. The summed E-state index contributed by atoms with van der Waals surface area (Å²) in [6.07, 6.45) is 0. The van der Waals surface area contributed by atoms with E-state index < -0.39 is 10.4 Å². The molecule has 0 fully saturated rings. The van der Waals surface area contributed by atoms with Crippen LogP contribution in [0.1, 0.15) is 0 Å². The van der Waals surface area contributed by atoms with Crippen LogP contribution in [0.4, 0.5) is 0 Å². The summed E-state index contributed by atoms with van der Waals surface area (Å²) in [5.74, 6) is 0. The van der Waals surface area contributed by atoms with Crippen molar-refractivity contribution in [3.05, 3.63) is 0 Å². The third-order valence-corrected chi connectivity index (χ3v) is 0. The van der Waals surface area contributed by atoms with Crippen molar-refractivity contribution in [3.63, 3.8) is 0 Å². The molecule has 0 heterocycles. The second kappa shape index (κ2) is 2.61. The minimum absolute atomic E-state index is 0. The second-order valence-electron chi connectivity index (χ2n) is 0.448. The maximum absolute atomic E-state index is 8.74. The van der Waals surface area contributed by atoms with Crippen LogP contribution in [0.2, 0.25) is 0 Å². The van der Waals surface area contributed by atoms with Gasteiger partial charge in [0.05, 0.1) is 0 Å². The minimum atomic E-state index is -4.67. The maximum Gasteiger partial charge on any atom is 0.394 e. The van der Waals surface area contributed by atoms with Gasteiger partial charge in [0.2, 0.25) is 0 Å². The van der Waals surface area contributed by atoms with Crippen LogP contribution in [-0.2, 0) is 10.4 Å². The van der Waals surface area contributed by atoms with Crippen molar-refractivity contribution in [1.29, 1.82) is 0 Å². The molecule has 0 spiro atoms. The molecule has 0 unspecified atom stereocenters. The zero-order valence-corrected chi connectivity index (χ0v) is 3.94. The molecule has 0 aromatic rings. The van der Waals surface area contributed by atoms with Crippen LogP contribution in [0.3, 0.4) is 0 Å². The fourth-order valence-corrected chi connectivity index (χ4v) is 0. The standard InChI is InChI=1S/Li.H2O4S/c;1-5(2,3)4/h;(H2,1,2,3,4). The molecule has 0 aliphatic heterocycles. The molecule has 0 amide bonds. The van der Waals surface area contributed by atoms with Crippen LogP contribution in [0.15, 0.2) is 0 Å². The molecule has 0 aromatic carbocycles. The Kier molecular flexibility index (Phi) is 4.21. The van der Waals surface area contributed by atoms with Crippen molar-refractivity contribution < 1.29 is 17.5 Å². The molecule has 2 N–H and O–H groups in total. The van der Waals surface area contributed by atoms with Gasteiger partial charge in [-0.25, -0.2) is 0 Å². The first-order chi connectivity index (χ1) is 2.00. The molecular weight excluding hydrogens is 103 g/mol. The first-order valence-electron chi connectivity index (χ1n) is 0.698. The SMILES string of the molecule is O=S(=O)(O)O.[Li]. The Morgan fingerprint density at radius 3 is 1.17 bits per heavy atom. The first-order valence-corrected chi connectivity index (χ1v) is 2.10. The molecule has 0 rings (SSSR count). The Morgan fingerprint density at radius 2 is 1.17 bits per heavy atom. The summed E-state index contributed by atoms with van der Waals surface area (Å²) in [5, 5.41) is 0. The third kappa shape index (κ3) is 246. The first kappa shape index (κ1) is 9.69. The van der Waals surface area contributed by atoms with Crippen molar-refractivity contribution >= 4 is 29.3 Å². The summed E-state index contributed by atoms with van der Waals surface area (Å²) in [6, 6.07) is 0. The van der Waals surface area contributed by atoms with E-state index in [1.165, 1.54) is 0 Å². The quantitative estimate of drug-likeness (QED) is 0.305. The molecule has 0 aliphatic rings. The van der Waals surface area contributed by atoms with Crippen LogP contribution in [0, 0.1) is 0 Å². The largest absolute Gasteiger partial charge is 0.394 e. The molecule has 0 aromatic heterocycles. The molecule has 33 valence electrons. The van der Waals surface area contributed by atoms with Crippen LogP contribution in [0.25, 0.3) is 0 Å². The molecular formula is H2LiO4S. The summed E-state index contributed by atoms with van der Waals surface area (Å²) >= 11 is 0. The molecule has 0 bridgehead atoms. The molecule has 1 radical (unpaired) electrons. The van der Waals surface area contributed by atoms with Gasteiger partial charge in [-0.2, -0.15) is 8.42 Å². The predicted octanol–water partition coefficient (Wildman–Crippen LogP) is -1.03. The van der Waals surface area contributed by atoms with E-state index in [-0.39, 0.29) is 18.9 Å². The van der Waals surface area contributed by atoms with Gasteiger partial charge in [0.1, 0.15) is 0 Å². The van der Waals surface area contributed by atoms with Gasteiger partial charge in [0.25, 0.3) is 0 Å². The Morgan fingerprint density at radius 1 is 1.17 bits per heavy atom. The maximum atomic E-state index is 8.74. The Bertz CT molecular complexity index is 90.7. The zero-order chi connectivity index (χ0) is 4.50. The van der Waals surface area contributed by atoms with Crippen LogP contribution in [0.5, 0.6) is 0 Å². The molecule has 6 heavy (non-hydrogen) atoms. The second-order valence-corrected chi connectivity index (χ2v) is 1.34. The van der Waals surface area contributed by atoms with Crippen molar-refractivity contribution in [1.82, 2.24) is 0 Å². The number of hydrogen-bond donors (Lipinski definition) is 2. The smallest absolute Gasteiger partial charge is 0.264 e. The summed E-state index contributed by atoms with van der Waals surface area (Å²) < 4.78 is 31.6. The van der Waals surface area contributed by atoms with Crippen molar-refractivity contribution in [3.8, 4) is 0 Å². The molecule has 4 nitrogen and oxygen atoms in total. The Balaban J connectivity index is 0. The van der Waals surface area contributed by atoms with E-state index in [1.54, 1.807) is 0 Å². The Hall–Kier alpha value is 0.467. The summed E-state index contributed by atoms with van der Waals surface area (Å²) in [7, 11) is -4.67. The van der Waals surface area contributed by atoms with Crippen molar-refractivity contribution in [2.45, 2.75) is 0 Å². The minimum Gasteiger partial charge on any atom is -0.264 e. The average Bonchev–Trinajstić information content (AvgIpc) is 0.722. The van der Waals surface area contributed by atoms with E-state index in [9.17, 15) is 0 Å². The van der Waals surface area contributed by atoms with Gasteiger partial charge in [-0.05, 0) is 0 Å².